The first-order valence-electron chi connectivity index (χ1n) is 12.3. The third-order valence-electron chi connectivity index (χ3n) is 6.95. The monoisotopic (exact) mass is 583 g/mol. The maximum Gasteiger partial charge on any atom is 0.421 e. The number of halogens is 3. The summed E-state index contributed by atoms with van der Waals surface area (Å²) in [5, 5.41) is 10.1. The molecule has 0 saturated carbocycles. The van der Waals surface area contributed by atoms with Gasteiger partial charge in [-0.05, 0) is 43.8 Å². The highest BCUT2D eigenvalue weighted by Gasteiger charge is 2.51. The molecule has 1 aromatic heterocycles. The fourth-order valence-electron chi connectivity index (χ4n) is 4.75. The molecule has 0 bridgehead atoms. The number of aliphatic hydroxyl groups is 1. The van der Waals surface area contributed by atoms with Gasteiger partial charge in [-0.3, -0.25) is 4.90 Å². The van der Waals surface area contributed by atoms with Crippen LogP contribution >= 0.6 is 12.6 Å². The van der Waals surface area contributed by atoms with Gasteiger partial charge in [0.05, 0.1) is 23.0 Å². The second kappa shape index (κ2) is 11.1. The number of benzene rings is 2. The van der Waals surface area contributed by atoms with E-state index in [2.05, 4.69) is 17.6 Å². The fourth-order valence-corrected chi connectivity index (χ4v) is 6.80. The molecule has 2 aromatic carbocycles. The lowest BCUT2D eigenvalue weighted by Crippen LogP contribution is -2.58. The third-order valence-corrected chi connectivity index (χ3v) is 9.42. The van der Waals surface area contributed by atoms with Crippen molar-refractivity contribution in [2.24, 2.45) is 7.05 Å². The van der Waals surface area contributed by atoms with Gasteiger partial charge in [-0.2, -0.15) is 17.5 Å². The molecule has 0 spiro atoms. The van der Waals surface area contributed by atoms with Gasteiger partial charge in [0.25, 0.3) is 0 Å². The van der Waals surface area contributed by atoms with Gasteiger partial charge >= 0.3 is 6.18 Å². The number of aromatic nitrogens is 2. The molecule has 0 radical (unpaired) electrons. The minimum atomic E-state index is -4.82. The van der Waals surface area contributed by atoms with Gasteiger partial charge in [-0.15, -0.1) is 12.6 Å². The molecule has 1 N–H and O–H groups in total. The molecule has 212 valence electrons. The molecule has 1 unspecified atom stereocenters. The van der Waals surface area contributed by atoms with Crippen LogP contribution in [0.5, 0.6) is 0 Å². The molecule has 39 heavy (non-hydrogen) atoms. The van der Waals surface area contributed by atoms with E-state index in [1.165, 1.54) is 34.6 Å². The van der Waals surface area contributed by atoms with Crippen molar-refractivity contribution >= 4 is 28.3 Å². The Morgan fingerprint density at radius 1 is 1.13 bits per heavy atom. The van der Waals surface area contributed by atoms with E-state index >= 15 is 0 Å². The number of piperazine rings is 1. The van der Waals surface area contributed by atoms with Crippen molar-refractivity contribution < 1.29 is 26.7 Å². The molecule has 3 aromatic rings. The summed E-state index contributed by atoms with van der Waals surface area (Å²) in [4.78, 5) is 8.88. The first-order valence-corrected chi connectivity index (χ1v) is 14.2. The topological polar surface area (TPSA) is 81.9 Å². The minimum Gasteiger partial charge on any atom is -0.376 e. The van der Waals surface area contributed by atoms with Gasteiger partial charge in [0.2, 0.25) is 10.0 Å². The lowest BCUT2D eigenvalue weighted by atomic mass is 9.95. The summed E-state index contributed by atoms with van der Waals surface area (Å²) in [5.74, 6) is 0. The van der Waals surface area contributed by atoms with E-state index in [1.54, 1.807) is 24.5 Å². The minimum absolute atomic E-state index is 0.126. The highest BCUT2D eigenvalue weighted by atomic mass is 32.2. The molecule has 0 aliphatic carbocycles. The van der Waals surface area contributed by atoms with Gasteiger partial charge in [0.15, 0.2) is 5.60 Å². The van der Waals surface area contributed by atoms with Crippen LogP contribution in [-0.2, 0) is 29.2 Å². The van der Waals surface area contributed by atoms with Crippen molar-refractivity contribution in [3.63, 3.8) is 0 Å². The predicted molar refractivity (Wildman–Crippen MR) is 145 cm³/mol. The zero-order chi connectivity index (χ0) is 28.6. The molecule has 8 nitrogen and oxygen atoms in total. The van der Waals surface area contributed by atoms with Crippen LogP contribution in [0.25, 0.3) is 0 Å². The van der Waals surface area contributed by atoms with Crippen LogP contribution in [0.15, 0.2) is 70.8 Å². The Labute approximate surface area is 232 Å². The summed E-state index contributed by atoms with van der Waals surface area (Å²) in [6, 6.07) is 11.8. The maximum atomic E-state index is 13.5. The zero-order valence-electron chi connectivity index (χ0n) is 21.9. The summed E-state index contributed by atoms with van der Waals surface area (Å²) in [6.45, 7) is 2.40. The molecule has 1 aliphatic rings. The summed E-state index contributed by atoms with van der Waals surface area (Å²) < 4.78 is 70.4. The van der Waals surface area contributed by atoms with Crippen molar-refractivity contribution in [1.82, 2.24) is 18.8 Å². The second-order valence-corrected chi connectivity index (χ2v) is 12.4. The van der Waals surface area contributed by atoms with Crippen LogP contribution in [0.4, 0.5) is 18.9 Å². The van der Waals surface area contributed by atoms with Gasteiger partial charge < -0.3 is 14.6 Å². The molecule has 4 rings (SSSR count). The molecule has 2 atom stereocenters. The molecular weight excluding hydrogens is 551 g/mol. The van der Waals surface area contributed by atoms with Gasteiger partial charge in [0.1, 0.15) is 0 Å². The van der Waals surface area contributed by atoms with Crippen molar-refractivity contribution in [1.29, 1.82) is 0 Å². The fraction of sp³-hybridized carbons (Fsp3) is 0.423. The Bertz CT molecular complexity index is 1390. The summed E-state index contributed by atoms with van der Waals surface area (Å²) in [6.07, 6.45) is -1.22. The summed E-state index contributed by atoms with van der Waals surface area (Å²) in [5.41, 5.74) is -1.76. The first-order chi connectivity index (χ1) is 18.2. The number of anilines is 1. The number of hydrogen-bond donors (Lipinski definition) is 2. The number of thiol groups is 1. The molecule has 1 fully saturated rings. The van der Waals surface area contributed by atoms with Crippen LogP contribution in [0.3, 0.4) is 0 Å². The highest BCUT2D eigenvalue weighted by molar-refractivity contribution is 7.90. The van der Waals surface area contributed by atoms with E-state index in [-0.39, 0.29) is 29.6 Å². The Kier molecular flexibility index (Phi) is 8.39. The number of hydrogen-bond acceptors (Lipinski definition) is 7. The van der Waals surface area contributed by atoms with E-state index in [1.807, 2.05) is 34.7 Å². The quantitative estimate of drug-likeness (QED) is 0.396. The molecule has 0 amide bonds. The van der Waals surface area contributed by atoms with E-state index < -0.39 is 21.8 Å². The van der Waals surface area contributed by atoms with E-state index in [4.69, 9.17) is 0 Å². The SMILES string of the molecule is CN(Cc1cn(C)cn1)C[C@H]1CN(S(=O)(=O)c2ccccc2S)CCN1c1ccc(C(C)(O)C(F)(F)F)cc1. The summed E-state index contributed by atoms with van der Waals surface area (Å²) >= 11 is 4.34. The Hall–Kier alpha value is -2.58. The molecule has 1 aliphatic heterocycles. The number of alkyl halides is 3. The van der Waals surface area contributed by atoms with Crippen molar-refractivity contribution in [2.75, 3.05) is 38.1 Å². The Morgan fingerprint density at radius 2 is 1.79 bits per heavy atom. The van der Waals surface area contributed by atoms with Crippen LogP contribution in [-0.4, -0.2) is 77.7 Å². The van der Waals surface area contributed by atoms with Crippen molar-refractivity contribution in [2.45, 2.75) is 41.1 Å². The maximum absolute atomic E-state index is 13.5. The van der Waals surface area contributed by atoms with Crippen LogP contribution in [0, 0.1) is 0 Å². The van der Waals surface area contributed by atoms with E-state index in [0.29, 0.717) is 30.2 Å². The van der Waals surface area contributed by atoms with Crippen LogP contribution in [0.1, 0.15) is 18.2 Å². The van der Waals surface area contributed by atoms with Crippen LogP contribution in [0.2, 0.25) is 0 Å². The predicted octanol–water partition coefficient (Wildman–Crippen LogP) is 3.49. The number of likely N-dealkylation sites (N-methyl/N-ethyl adjacent to an activating group) is 1. The van der Waals surface area contributed by atoms with Gasteiger partial charge in [-0.25, -0.2) is 13.4 Å². The molecule has 2 heterocycles. The zero-order valence-corrected chi connectivity index (χ0v) is 23.6. The first kappa shape index (κ1) is 29.4. The van der Waals surface area contributed by atoms with Crippen molar-refractivity contribution in [3.05, 3.63) is 72.3 Å². The number of rotatable bonds is 8. The average Bonchev–Trinajstić information content (AvgIpc) is 3.27. The third kappa shape index (κ3) is 6.27. The lowest BCUT2D eigenvalue weighted by Gasteiger charge is -2.43. The largest absolute Gasteiger partial charge is 0.421 e. The smallest absolute Gasteiger partial charge is 0.376 e. The lowest BCUT2D eigenvalue weighted by molar-refractivity contribution is -0.258. The number of nitrogens with zero attached hydrogens (tertiary/aromatic N) is 5. The van der Waals surface area contributed by atoms with Gasteiger partial charge in [-0.1, -0.05) is 24.3 Å². The van der Waals surface area contributed by atoms with E-state index in [0.717, 1.165) is 12.6 Å². The van der Waals surface area contributed by atoms with Gasteiger partial charge in [0, 0.05) is 56.6 Å². The number of aryl methyl sites for hydroxylation is 1. The number of imidazole rings is 1. The Morgan fingerprint density at radius 3 is 2.38 bits per heavy atom. The van der Waals surface area contributed by atoms with Crippen molar-refractivity contribution in [3.8, 4) is 0 Å². The standard InChI is InChI=1S/C26H32F3N5O3S2/c1-25(35,26(27,28)29)19-8-10-21(11-9-19)34-13-12-33(39(36,37)24-7-5-4-6-23(24)38)17-22(34)16-31(2)14-20-15-32(3)18-30-20/h4-11,15,18,22,35,38H,12-14,16-17H2,1-3H3/t22-,25?/m0/s1. The summed E-state index contributed by atoms with van der Waals surface area (Å²) in [7, 11) is -0.0411. The normalized spacial score (nSPS) is 18.9. The Balaban J connectivity index is 1.61. The second-order valence-electron chi connectivity index (χ2n) is 10.0. The average molecular weight is 584 g/mol. The van der Waals surface area contributed by atoms with E-state index in [9.17, 15) is 26.7 Å². The highest BCUT2D eigenvalue weighted by Crippen LogP contribution is 2.39. The molecular formula is C26H32F3N5O3S2. The molecule has 1 saturated heterocycles. The molecule has 13 heteroatoms. The number of sulfonamides is 1. The van der Waals surface area contributed by atoms with Crippen LogP contribution < -0.4 is 4.90 Å².